The molecule has 6 aromatic rings. The Bertz CT molecular complexity index is 1550. The maximum absolute atomic E-state index is 5.71. The van der Waals surface area contributed by atoms with Crippen LogP contribution in [0.5, 0.6) is 5.75 Å². The molecule has 0 bridgehead atoms. The average Bonchev–Trinajstić information content (AvgIpc) is 3.48. The van der Waals surface area contributed by atoms with Gasteiger partial charge in [0.2, 0.25) is 0 Å². The van der Waals surface area contributed by atoms with Crippen LogP contribution in [0.25, 0.3) is 41.7 Å². The second-order valence-corrected chi connectivity index (χ2v) is 10.5. The van der Waals surface area contributed by atoms with E-state index in [1.165, 1.54) is 52.2 Å². The largest absolute Gasteiger partial charge is 0.494 e. The molecule has 2 heterocycles. The van der Waals surface area contributed by atoms with Gasteiger partial charge in [-0.1, -0.05) is 31.2 Å². The highest BCUT2D eigenvalue weighted by molar-refractivity contribution is 7.19. The second kappa shape index (κ2) is 8.23. The zero-order valence-corrected chi connectivity index (χ0v) is 19.7. The van der Waals surface area contributed by atoms with Crippen LogP contribution in [0.2, 0.25) is 0 Å². The molecule has 1 nitrogen and oxygen atoms in total. The van der Waals surface area contributed by atoms with Crippen molar-refractivity contribution in [1.29, 1.82) is 0 Å². The lowest BCUT2D eigenvalue weighted by Gasteiger charge is -2.05. The Morgan fingerprint density at radius 1 is 0.688 bits per heavy atom. The third-order valence-corrected chi connectivity index (χ3v) is 8.24. The van der Waals surface area contributed by atoms with Crippen molar-refractivity contribution in [3.05, 3.63) is 88.6 Å². The summed E-state index contributed by atoms with van der Waals surface area (Å²) < 4.78 is 8.45. The summed E-state index contributed by atoms with van der Waals surface area (Å²) in [7, 11) is 0. The minimum absolute atomic E-state index is 0.780. The van der Waals surface area contributed by atoms with Crippen LogP contribution in [-0.2, 0) is 12.8 Å². The fourth-order valence-corrected chi connectivity index (χ4v) is 6.41. The van der Waals surface area contributed by atoms with Gasteiger partial charge in [0.25, 0.3) is 0 Å². The van der Waals surface area contributed by atoms with E-state index in [1.807, 2.05) is 22.7 Å². The van der Waals surface area contributed by atoms with Crippen molar-refractivity contribution >= 4 is 64.4 Å². The fourth-order valence-electron chi connectivity index (χ4n) is 4.53. The molecule has 4 aromatic carbocycles. The van der Waals surface area contributed by atoms with E-state index in [1.54, 1.807) is 0 Å². The molecule has 158 valence electrons. The lowest BCUT2D eigenvalue weighted by Crippen LogP contribution is -1.95. The first-order valence-corrected chi connectivity index (χ1v) is 12.9. The van der Waals surface area contributed by atoms with Gasteiger partial charge in [0.1, 0.15) is 5.75 Å². The lowest BCUT2D eigenvalue weighted by molar-refractivity contribution is 0.317. The van der Waals surface area contributed by atoms with Crippen LogP contribution in [0.4, 0.5) is 0 Å². The molecule has 0 aliphatic rings. The minimum Gasteiger partial charge on any atom is -0.494 e. The smallest absolute Gasteiger partial charge is 0.119 e. The van der Waals surface area contributed by atoms with Gasteiger partial charge < -0.3 is 4.74 Å². The summed E-state index contributed by atoms with van der Waals surface area (Å²) in [5.74, 6) is 0.968. The minimum atomic E-state index is 0.780. The van der Waals surface area contributed by atoms with Crippen molar-refractivity contribution < 1.29 is 4.74 Å². The van der Waals surface area contributed by atoms with Crippen LogP contribution in [0.15, 0.2) is 78.2 Å². The number of thiophene rings is 2. The standard InChI is InChI=1S/C29H24OS2/c1-2-14-30-22-8-3-19(4-9-22)5-10-23-18-27-26-17-20-6-11-28-24(13-15-31-28)25(20)16-21(26)7-12-29(27)32-23/h3-4,6-9,11-13,15-18H,2,5,10,14H2,1H3. The van der Waals surface area contributed by atoms with E-state index in [0.29, 0.717) is 0 Å². The van der Waals surface area contributed by atoms with Gasteiger partial charge in [-0.15, -0.1) is 22.7 Å². The summed E-state index contributed by atoms with van der Waals surface area (Å²) in [5.41, 5.74) is 1.36. The zero-order chi connectivity index (χ0) is 21.5. The van der Waals surface area contributed by atoms with E-state index < -0.39 is 0 Å². The molecule has 0 radical (unpaired) electrons. The van der Waals surface area contributed by atoms with E-state index in [4.69, 9.17) is 4.74 Å². The lowest BCUT2D eigenvalue weighted by atomic mass is 9.99. The predicted molar refractivity (Wildman–Crippen MR) is 142 cm³/mol. The first-order chi connectivity index (χ1) is 15.8. The van der Waals surface area contributed by atoms with Crippen molar-refractivity contribution in [2.75, 3.05) is 6.61 Å². The molecule has 0 fully saturated rings. The van der Waals surface area contributed by atoms with Crippen LogP contribution >= 0.6 is 22.7 Å². The van der Waals surface area contributed by atoms with E-state index in [2.05, 4.69) is 85.1 Å². The van der Waals surface area contributed by atoms with Crippen molar-refractivity contribution in [3.8, 4) is 5.75 Å². The molecule has 6 rings (SSSR count). The monoisotopic (exact) mass is 452 g/mol. The Hall–Kier alpha value is -2.88. The maximum Gasteiger partial charge on any atom is 0.119 e. The Labute approximate surface area is 195 Å². The molecule has 0 aliphatic carbocycles. The SMILES string of the molecule is CCCOc1ccc(CCc2cc3c(ccc4cc5c(ccc6sccc65)cc43)s2)cc1. The first-order valence-electron chi connectivity index (χ1n) is 11.3. The zero-order valence-electron chi connectivity index (χ0n) is 18.1. The van der Waals surface area contributed by atoms with Gasteiger partial charge in [0, 0.05) is 25.0 Å². The molecule has 32 heavy (non-hydrogen) atoms. The van der Waals surface area contributed by atoms with Gasteiger partial charge in [0.05, 0.1) is 6.61 Å². The number of aryl methyl sites for hydroxylation is 2. The quantitative estimate of drug-likeness (QED) is 0.229. The predicted octanol–water partition coefficient (Wildman–Crippen LogP) is 9.00. The van der Waals surface area contributed by atoms with Gasteiger partial charge in [-0.3, -0.25) is 0 Å². The van der Waals surface area contributed by atoms with Crippen molar-refractivity contribution in [2.24, 2.45) is 0 Å². The molecule has 0 spiro atoms. The number of ether oxygens (including phenoxy) is 1. The normalized spacial score (nSPS) is 11.8. The Kier molecular flexibility index (Phi) is 5.09. The topological polar surface area (TPSA) is 9.23 Å². The molecular formula is C29H24OS2. The summed E-state index contributed by atoms with van der Waals surface area (Å²) in [6.07, 6.45) is 3.16. The van der Waals surface area contributed by atoms with Gasteiger partial charge in [-0.05, 0) is 100 Å². The fraction of sp³-hybridized carbons (Fsp3) is 0.172. The Morgan fingerprint density at radius 3 is 2.22 bits per heavy atom. The maximum atomic E-state index is 5.71. The highest BCUT2D eigenvalue weighted by Crippen LogP contribution is 2.37. The molecule has 2 aromatic heterocycles. The van der Waals surface area contributed by atoms with Gasteiger partial charge >= 0.3 is 0 Å². The molecule has 0 N–H and O–H groups in total. The van der Waals surface area contributed by atoms with Gasteiger partial charge in [-0.2, -0.15) is 0 Å². The third kappa shape index (κ3) is 3.56. The molecule has 0 saturated heterocycles. The summed E-state index contributed by atoms with van der Waals surface area (Å²) in [5, 5.41) is 10.3. The van der Waals surface area contributed by atoms with E-state index in [-0.39, 0.29) is 0 Å². The van der Waals surface area contributed by atoms with E-state index >= 15 is 0 Å². The summed E-state index contributed by atoms with van der Waals surface area (Å²) in [4.78, 5) is 1.45. The molecule has 0 unspecified atom stereocenters. The Morgan fingerprint density at radius 2 is 1.44 bits per heavy atom. The van der Waals surface area contributed by atoms with Gasteiger partial charge in [0.15, 0.2) is 0 Å². The van der Waals surface area contributed by atoms with Crippen molar-refractivity contribution in [1.82, 2.24) is 0 Å². The van der Waals surface area contributed by atoms with Crippen molar-refractivity contribution in [3.63, 3.8) is 0 Å². The van der Waals surface area contributed by atoms with E-state index in [9.17, 15) is 0 Å². The average molecular weight is 453 g/mol. The van der Waals surface area contributed by atoms with Gasteiger partial charge in [-0.25, -0.2) is 0 Å². The van der Waals surface area contributed by atoms with Crippen LogP contribution < -0.4 is 4.74 Å². The third-order valence-electron chi connectivity index (χ3n) is 6.19. The summed E-state index contributed by atoms with van der Waals surface area (Å²) in [6, 6.07) is 27.1. The molecule has 0 atom stereocenters. The van der Waals surface area contributed by atoms with Crippen molar-refractivity contribution in [2.45, 2.75) is 26.2 Å². The van der Waals surface area contributed by atoms with Crippen LogP contribution in [0.3, 0.4) is 0 Å². The van der Waals surface area contributed by atoms with Crippen LogP contribution in [-0.4, -0.2) is 6.61 Å². The molecule has 0 amide bonds. The summed E-state index contributed by atoms with van der Waals surface area (Å²) >= 11 is 3.75. The van der Waals surface area contributed by atoms with Crippen LogP contribution in [0.1, 0.15) is 23.8 Å². The number of hydrogen-bond acceptors (Lipinski definition) is 3. The number of fused-ring (bicyclic) bond motifs is 6. The van der Waals surface area contributed by atoms with Crippen LogP contribution in [0, 0.1) is 0 Å². The second-order valence-electron chi connectivity index (χ2n) is 8.37. The highest BCUT2D eigenvalue weighted by Gasteiger charge is 2.09. The van der Waals surface area contributed by atoms with E-state index in [0.717, 1.165) is 31.6 Å². The molecule has 0 aliphatic heterocycles. The molecule has 3 heteroatoms. The first kappa shape index (κ1) is 19.8. The Balaban J connectivity index is 1.31. The highest BCUT2D eigenvalue weighted by atomic mass is 32.1. The number of benzene rings is 4. The number of rotatable bonds is 6. The number of hydrogen-bond donors (Lipinski definition) is 0. The molecular weight excluding hydrogens is 428 g/mol. The molecule has 0 saturated carbocycles. The summed E-state index contributed by atoms with van der Waals surface area (Å²) in [6.45, 7) is 2.91.